The molecule has 2 aromatic heterocycles. The molecule has 11 heteroatoms. The highest BCUT2D eigenvalue weighted by Gasteiger charge is 2.31. The van der Waals surface area contributed by atoms with Crippen molar-refractivity contribution in [3.05, 3.63) is 64.8 Å². The Bertz CT molecular complexity index is 1480. The second kappa shape index (κ2) is 8.57. The number of anilines is 1. The van der Waals surface area contributed by atoms with E-state index in [0.29, 0.717) is 38.8 Å². The fourth-order valence-corrected chi connectivity index (χ4v) is 3.93. The maximum Gasteiger partial charge on any atom is 0.416 e. The predicted octanol–water partition coefficient (Wildman–Crippen LogP) is 4.07. The third kappa shape index (κ3) is 4.36. The summed E-state index contributed by atoms with van der Waals surface area (Å²) >= 11 is 0. The minimum atomic E-state index is -4.48. The van der Waals surface area contributed by atoms with E-state index in [2.05, 4.69) is 10.1 Å². The molecular formula is C24H23F3N6O2. The Morgan fingerprint density at radius 1 is 1.11 bits per heavy atom. The zero-order chi connectivity index (χ0) is 25.7. The summed E-state index contributed by atoms with van der Waals surface area (Å²) in [6, 6.07) is 8.18. The van der Waals surface area contributed by atoms with Gasteiger partial charge in [0, 0.05) is 32.0 Å². The monoisotopic (exact) mass is 484 g/mol. The first-order chi connectivity index (χ1) is 16.4. The normalized spacial score (nSPS) is 11.7. The van der Waals surface area contributed by atoms with Gasteiger partial charge < -0.3 is 5.73 Å². The Balaban J connectivity index is 1.77. The summed E-state index contributed by atoms with van der Waals surface area (Å²) in [7, 11) is 3.18. The highest BCUT2D eigenvalue weighted by Crippen LogP contribution is 2.31. The molecule has 0 saturated heterocycles. The molecule has 0 spiro atoms. The molecule has 2 heterocycles. The molecule has 0 saturated carbocycles. The van der Waals surface area contributed by atoms with E-state index < -0.39 is 23.6 Å². The maximum atomic E-state index is 13.6. The molecule has 4 rings (SSSR count). The van der Waals surface area contributed by atoms with Gasteiger partial charge in [-0.25, -0.2) is 9.99 Å². The van der Waals surface area contributed by atoms with E-state index in [0.717, 1.165) is 17.1 Å². The number of alkyl halides is 3. The molecule has 2 N–H and O–H groups in total. The van der Waals surface area contributed by atoms with Crippen molar-refractivity contribution in [2.24, 2.45) is 7.05 Å². The SMILES string of the molecule is CC(=O)N(C)N(Cc1ccc(C(F)(F)F)cc1C)C(=O)c1ccc2nc(N)c3cnn(C)c3c2c1. The van der Waals surface area contributed by atoms with E-state index in [-0.39, 0.29) is 12.1 Å². The molecule has 2 aromatic carbocycles. The van der Waals surface area contributed by atoms with Crippen LogP contribution in [-0.4, -0.2) is 43.6 Å². The van der Waals surface area contributed by atoms with Gasteiger partial charge in [-0.15, -0.1) is 0 Å². The van der Waals surface area contributed by atoms with Gasteiger partial charge in [0.1, 0.15) is 5.82 Å². The number of amides is 2. The molecule has 0 aliphatic heterocycles. The number of hydrogen-bond donors (Lipinski definition) is 1. The lowest BCUT2D eigenvalue weighted by Gasteiger charge is -2.32. The van der Waals surface area contributed by atoms with Crippen molar-refractivity contribution in [3.8, 4) is 0 Å². The Morgan fingerprint density at radius 2 is 1.83 bits per heavy atom. The molecule has 8 nitrogen and oxygen atoms in total. The quantitative estimate of drug-likeness (QED) is 0.442. The summed E-state index contributed by atoms with van der Waals surface area (Å²) in [6.07, 6.45) is -2.89. The van der Waals surface area contributed by atoms with E-state index >= 15 is 0 Å². The predicted molar refractivity (Wildman–Crippen MR) is 125 cm³/mol. The number of nitrogens with two attached hydrogens (primary N) is 1. The maximum absolute atomic E-state index is 13.6. The molecule has 0 aliphatic carbocycles. The second-order valence-electron chi connectivity index (χ2n) is 8.30. The van der Waals surface area contributed by atoms with E-state index in [1.54, 1.807) is 36.1 Å². The number of nitrogen functional groups attached to an aromatic ring is 1. The van der Waals surface area contributed by atoms with Crippen LogP contribution in [0.1, 0.15) is 34.0 Å². The third-order valence-corrected chi connectivity index (χ3v) is 6.00. The summed E-state index contributed by atoms with van der Waals surface area (Å²) in [5.41, 5.74) is 7.62. The average molecular weight is 484 g/mol. The van der Waals surface area contributed by atoms with Crippen molar-refractivity contribution in [3.63, 3.8) is 0 Å². The van der Waals surface area contributed by atoms with Gasteiger partial charge in [0.15, 0.2) is 0 Å². The number of aromatic nitrogens is 3. The lowest BCUT2D eigenvalue weighted by molar-refractivity contribution is -0.140. The molecule has 0 bridgehead atoms. The van der Waals surface area contributed by atoms with Crippen molar-refractivity contribution >= 4 is 39.4 Å². The van der Waals surface area contributed by atoms with Gasteiger partial charge >= 0.3 is 6.18 Å². The molecule has 0 fully saturated rings. The van der Waals surface area contributed by atoms with Crippen LogP contribution in [0.4, 0.5) is 19.0 Å². The number of carbonyl (C=O) groups excluding carboxylic acids is 2. The first kappa shape index (κ1) is 24.0. The number of halogens is 3. The lowest BCUT2D eigenvalue weighted by atomic mass is 10.0. The Labute approximate surface area is 198 Å². The van der Waals surface area contributed by atoms with E-state index in [1.165, 1.54) is 32.0 Å². The number of hydrogen-bond acceptors (Lipinski definition) is 5. The Hall–Kier alpha value is -4.15. The molecular weight excluding hydrogens is 461 g/mol. The zero-order valence-electron chi connectivity index (χ0n) is 19.5. The van der Waals surface area contributed by atoms with Crippen molar-refractivity contribution < 1.29 is 22.8 Å². The van der Waals surface area contributed by atoms with Gasteiger partial charge in [-0.05, 0) is 48.4 Å². The van der Waals surface area contributed by atoms with Crippen LogP contribution in [0.5, 0.6) is 0 Å². The van der Waals surface area contributed by atoms with Gasteiger partial charge in [0.05, 0.1) is 34.7 Å². The minimum Gasteiger partial charge on any atom is -0.383 e. The van der Waals surface area contributed by atoms with Crippen molar-refractivity contribution in [2.45, 2.75) is 26.6 Å². The minimum absolute atomic E-state index is 0.0992. The first-order valence-electron chi connectivity index (χ1n) is 10.6. The zero-order valence-corrected chi connectivity index (χ0v) is 19.5. The summed E-state index contributed by atoms with van der Waals surface area (Å²) in [5, 5.41) is 7.86. The molecule has 182 valence electrons. The van der Waals surface area contributed by atoms with E-state index in [4.69, 9.17) is 5.73 Å². The molecule has 0 unspecified atom stereocenters. The fourth-order valence-electron chi connectivity index (χ4n) is 3.93. The van der Waals surface area contributed by atoms with Crippen LogP contribution >= 0.6 is 0 Å². The largest absolute Gasteiger partial charge is 0.416 e. The molecule has 0 aliphatic rings. The molecule has 0 atom stereocenters. The van der Waals surface area contributed by atoms with Crippen LogP contribution in [0, 0.1) is 6.92 Å². The van der Waals surface area contributed by atoms with Gasteiger partial charge in [0.2, 0.25) is 5.91 Å². The van der Waals surface area contributed by atoms with Crippen LogP contribution in [0.25, 0.3) is 21.8 Å². The fraction of sp³-hybridized carbons (Fsp3) is 0.250. The summed E-state index contributed by atoms with van der Waals surface area (Å²) < 4.78 is 40.9. The topological polar surface area (TPSA) is 97.3 Å². The molecule has 4 aromatic rings. The number of pyridine rings is 1. The lowest BCUT2D eigenvalue weighted by Crippen LogP contribution is -2.46. The van der Waals surface area contributed by atoms with E-state index in [1.807, 2.05) is 0 Å². The van der Waals surface area contributed by atoms with Crippen molar-refractivity contribution in [2.75, 3.05) is 12.8 Å². The standard InChI is InChI=1S/C24H23F3N6O2/c1-13-9-17(24(25,26)27)7-5-16(13)12-33(32(4)14(2)34)23(35)15-6-8-20-18(10-15)21-19(22(28)30-20)11-29-31(21)3/h5-11H,12H2,1-4H3,(H2,28,30). The van der Waals surface area contributed by atoms with Crippen LogP contribution in [0.3, 0.4) is 0 Å². The van der Waals surface area contributed by atoms with Gasteiger partial charge in [-0.2, -0.15) is 18.3 Å². The first-order valence-corrected chi connectivity index (χ1v) is 10.6. The Morgan fingerprint density at radius 3 is 2.46 bits per heavy atom. The number of aryl methyl sites for hydroxylation is 2. The number of rotatable bonds is 3. The smallest absolute Gasteiger partial charge is 0.383 e. The highest BCUT2D eigenvalue weighted by atomic mass is 19.4. The Kier molecular flexibility index (Phi) is 5.87. The number of benzene rings is 2. The van der Waals surface area contributed by atoms with Crippen LogP contribution in [-0.2, 0) is 24.6 Å². The summed E-state index contributed by atoms with van der Waals surface area (Å²) in [6.45, 7) is 2.73. The van der Waals surface area contributed by atoms with Crippen LogP contribution in [0.15, 0.2) is 42.6 Å². The van der Waals surface area contributed by atoms with Gasteiger partial charge in [-0.3, -0.25) is 19.3 Å². The summed E-state index contributed by atoms with van der Waals surface area (Å²) in [5.74, 6) is -0.599. The average Bonchev–Trinajstić information content (AvgIpc) is 3.19. The van der Waals surface area contributed by atoms with Gasteiger partial charge in [-0.1, -0.05) is 6.07 Å². The highest BCUT2D eigenvalue weighted by molar-refractivity contribution is 6.10. The number of hydrazine groups is 1. The van der Waals surface area contributed by atoms with Crippen LogP contribution < -0.4 is 5.73 Å². The van der Waals surface area contributed by atoms with E-state index in [9.17, 15) is 22.8 Å². The molecule has 0 radical (unpaired) electrons. The van der Waals surface area contributed by atoms with Gasteiger partial charge in [0.25, 0.3) is 5.91 Å². The number of carbonyl (C=O) groups is 2. The number of fused-ring (bicyclic) bond motifs is 3. The second-order valence-corrected chi connectivity index (χ2v) is 8.30. The van der Waals surface area contributed by atoms with Crippen molar-refractivity contribution in [1.29, 1.82) is 0 Å². The number of nitrogens with zero attached hydrogens (tertiary/aromatic N) is 5. The molecule has 35 heavy (non-hydrogen) atoms. The third-order valence-electron chi connectivity index (χ3n) is 6.00. The molecule has 2 amide bonds. The van der Waals surface area contributed by atoms with Crippen LogP contribution in [0.2, 0.25) is 0 Å². The van der Waals surface area contributed by atoms with Crippen molar-refractivity contribution in [1.82, 2.24) is 24.8 Å². The summed E-state index contributed by atoms with van der Waals surface area (Å²) in [4.78, 5) is 30.1.